The summed E-state index contributed by atoms with van der Waals surface area (Å²) in [6.07, 6.45) is 4.47. The molecule has 0 amide bonds. The molecule has 1 aromatic heterocycles. The van der Waals surface area contributed by atoms with Crippen LogP contribution in [0.1, 0.15) is 10.8 Å². The van der Waals surface area contributed by atoms with E-state index in [1.807, 2.05) is 12.3 Å². The van der Waals surface area contributed by atoms with E-state index < -0.39 is 4.92 Å². The fourth-order valence-corrected chi connectivity index (χ4v) is 2.32. The van der Waals surface area contributed by atoms with Crippen LogP contribution in [-0.4, -0.2) is 23.2 Å². The van der Waals surface area contributed by atoms with Crippen LogP contribution in [-0.2, 0) is 0 Å². The van der Waals surface area contributed by atoms with Crippen molar-refractivity contribution in [3.63, 3.8) is 0 Å². The molecule has 92 valence electrons. The molecule has 0 aliphatic rings. The molecular formula is C10H12ClN3O2S. The van der Waals surface area contributed by atoms with E-state index in [1.54, 1.807) is 19.3 Å². The first-order chi connectivity index (χ1) is 8.08. The van der Waals surface area contributed by atoms with Gasteiger partial charge < -0.3 is 5.32 Å². The SMILES string of the molecule is CNC(=C[N+](=O)[O-])C(SC)c1ccc(Cl)nc1. The van der Waals surface area contributed by atoms with Gasteiger partial charge >= 0.3 is 0 Å². The topological polar surface area (TPSA) is 68.1 Å². The molecule has 1 unspecified atom stereocenters. The number of hydrogen-bond acceptors (Lipinski definition) is 5. The summed E-state index contributed by atoms with van der Waals surface area (Å²) in [6.45, 7) is 0. The van der Waals surface area contributed by atoms with Crippen LogP contribution in [0, 0.1) is 10.1 Å². The van der Waals surface area contributed by atoms with E-state index in [-0.39, 0.29) is 5.25 Å². The summed E-state index contributed by atoms with van der Waals surface area (Å²) in [5, 5.41) is 13.6. The van der Waals surface area contributed by atoms with Gasteiger partial charge in [-0.3, -0.25) is 10.1 Å². The van der Waals surface area contributed by atoms with Crippen molar-refractivity contribution < 1.29 is 4.92 Å². The molecule has 0 saturated heterocycles. The van der Waals surface area contributed by atoms with E-state index >= 15 is 0 Å². The summed E-state index contributed by atoms with van der Waals surface area (Å²) in [6, 6.07) is 3.47. The normalized spacial score (nSPS) is 13.2. The quantitative estimate of drug-likeness (QED) is 0.507. The molecule has 1 aromatic rings. The van der Waals surface area contributed by atoms with E-state index in [9.17, 15) is 10.1 Å². The lowest BCUT2D eigenvalue weighted by atomic mass is 10.1. The van der Waals surface area contributed by atoms with Crippen molar-refractivity contribution in [3.05, 3.63) is 51.1 Å². The summed E-state index contributed by atoms with van der Waals surface area (Å²) >= 11 is 7.19. The molecule has 0 aliphatic carbocycles. The lowest BCUT2D eigenvalue weighted by Crippen LogP contribution is -2.14. The van der Waals surface area contributed by atoms with Gasteiger partial charge in [-0.2, -0.15) is 11.8 Å². The first-order valence-corrected chi connectivity index (χ1v) is 6.42. The highest BCUT2D eigenvalue weighted by Crippen LogP contribution is 2.32. The number of halogens is 1. The van der Waals surface area contributed by atoms with Gasteiger partial charge in [0.1, 0.15) is 5.15 Å². The predicted molar refractivity (Wildman–Crippen MR) is 69.6 cm³/mol. The summed E-state index contributed by atoms with van der Waals surface area (Å²) in [7, 11) is 1.65. The Morgan fingerprint density at radius 3 is 2.82 bits per heavy atom. The second kappa shape index (κ2) is 6.46. The Hall–Kier alpha value is -1.27. The number of nitrogens with zero attached hydrogens (tertiary/aromatic N) is 2. The molecule has 17 heavy (non-hydrogen) atoms. The number of thioether (sulfide) groups is 1. The van der Waals surface area contributed by atoms with Crippen LogP contribution in [0.5, 0.6) is 0 Å². The highest BCUT2D eigenvalue weighted by atomic mass is 35.5. The molecule has 1 rings (SSSR count). The Kier molecular flexibility index (Phi) is 5.24. The van der Waals surface area contributed by atoms with Crippen LogP contribution in [0.3, 0.4) is 0 Å². The summed E-state index contributed by atoms with van der Waals surface area (Å²) in [4.78, 5) is 14.0. The zero-order valence-corrected chi connectivity index (χ0v) is 11.0. The van der Waals surface area contributed by atoms with Crippen molar-refractivity contribution in [2.24, 2.45) is 0 Å². The lowest BCUT2D eigenvalue weighted by Gasteiger charge is -2.16. The maximum atomic E-state index is 10.5. The van der Waals surface area contributed by atoms with Gasteiger partial charge in [0.2, 0.25) is 0 Å². The predicted octanol–water partition coefficient (Wildman–Crippen LogP) is 2.48. The van der Waals surface area contributed by atoms with E-state index in [0.717, 1.165) is 11.8 Å². The van der Waals surface area contributed by atoms with Crippen molar-refractivity contribution in [2.45, 2.75) is 5.25 Å². The number of rotatable bonds is 5. The Balaban J connectivity index is 3.05. The monoisotopic (exact) mass is 273 g/mol. The summed E-state index contributed by atoms with van der Waals surface area (Å²) < 4.78 is 0. The van der Waals surface area contributed by atoms with E-state index in [2.05, 4.69) is 10.3 Å². The summed E-state index contributed by atoms with van der Waals surface area (Å²) in [5.74, 6) is 0. The van der Waals surface area contributed by atoms with Crippen LogP contribution in [0.15, 0.2) is 30.2 Å². The molecule has 0 spiro atoms. The van der Waals surface area contributed by atoms with Crippen molar-refractivity contribution in [1.29, 1.82) is 0 Å². The van der Waals surface area contributed by atoms with Gasteiger partial charge in [-0.05, 0) is 17.9 Å². The lowest BCUT2D eigenvalue weighted by molar-refractivity contribution is -0.403. The number of nitro groups is 1. The fourth-order valence-electron chi connectivity index (χ4n) is 1.36. The third kappa shape index (κ3) is 3.90. The van der Waals surface area contributed by atoms with E-state index in [1.165, 1.54) is 11.8 Å². The minimum atomic E-state index is -0.474. The van der Waals surface area contributed by atoms with Gasteiger partial charge in [0.05, 0.1) is 15.9 Å². The van der Waals surface area contributed by atoms with Crippen molar-refractivity contribution in [1.82, 2.24) is 10.3 Å². The molecule has 0 fully saturated rings. The molecule has 5 nitrogen and oxygen atoms in total. The van der Waals surface area contributed by atoms with Crippen LogP contribution >= 0.6 is 23.4 Å². The Labute approximate surface area is 108 Å². The second-order valence-corrected chi connectivity index (χ2v) is 4.48. The van der Waals surface area contributed by atoms with Gasteiger partial charge in [-0.15, -0.1) is 0 Å². The molecule has 1 N–H and O–H groups in total. The smallest absolute Gasteiger partial charge is 0.254 e. The van der Waals surface area contributed by atoms with Gasteiger partial charge in [-0.1, -0.05) is 17.7 Å². The average Bonchev–Trinajstić information content (AvgIpc) is 2.30. The van der Waals surface area contributed by atoms with Crippen LogP contribution in [0.2, 0.25) is 5.15 Å². The maximum Gasteiger partial charge on any atom is 0.254 e. The molecule has 1 heterocycles. The minimum absolute atomic E-state index is 0.157. The molecule has 0 bridgehead atoms. The largest absolute Gasteiger partial charge is 0.385 e. The number of pyridine rings is 1. The molecule has 0 radical (unpaired) electrons. The van der Waals surface area contributed by atoms with Gasteiger partial charge in [0.25, 0.3) is 6.20 Å². The molecule has 0 saturated carbocycles. The van der Waals surface area contributed by atoms with Crippen molar-refractivity contribution in [2.75, 3.05) is 13.3 Å². The molecule has 7 heteroatoms. The van der Waals surface area contributed by atoms with Crippen molar-refractivity contribution in [3.8, 4) is 0 Å². The molecule has 0 aromatic carbocycles. The number of hydrogen-bond donors (Lipinski definition) is 1. The van der Waals surface area contributed by atoms with Gasteiger partial charge in [-0.25, -0.2) is 4.98 Å². The Bertz CT molecular complexity index is 422. The Morgan fingerprint density at radius 1 is 1.71 bits per heavy atom. The number of nitrogens with one attached hydrogen (secondary N) is 1. The number of aromatic nitrogens is 1. The third-order valence-corrected chi connectivity index (χ3v) is 3.33. The minimum Gasteiger partial charge on any atom is -0.385 e. The summed E-state index contributed by atoms with van der Waals surface area (Å²) in [5.41, 5.74) is 1.39. The standard InChI is InChI=1S/C10H12ClN3O2S/c1-12-8(6-14(15)16)10(17-2)7-3-4-9(11)13-5-7/h3-6,10,12H,1-2H3. The maximum absolute atomic E-state index is 10.5. The van der Waals surface area contributed by atoms with E-state index in [4.69, 9.17) is 11.6 Å². The van der Waals surface area contributed by atoms with Gasteiger partial charge in [0, 0.05) is 13.2 Å². The third-order valence-electron chi connectivity index (χ3n) is 2.10. The second-order valence-electron chi connectivity index (χ2n) is 3.15. The zero-order chi connectivity index (χ0) is 12.8. The average molecular weight is 274 g/mol. The highest BCUT2D eigenvalue weighted by molar-refractivity contribution is 7.99. The Morgan fingerprint density at radius 2 is 2.41 bits per heavy atom. The number of likely N-dealkylation sites (N-methyl/N-ethyl adjacent to an activating group) is 1. The highest BCUT2D eigenvalue weighted by Gasteiger charge is 2.18. The fraction of sp³-hybridized carbons (Fsp3) is 0.300. The van der Waals surface area contributed by atoms with Gasteiger partial charge in [0.15, 0.2) is 0 Å². The zero-order valence-electron chi connectivity index (χ0n) is 9.38. The molecular weight excluding hydrogens is 262 g/mol. The molecule has 1 atom stereocenters. The van der Waals surface area contributed by atoms with Crippen molar-refractivity contribution >= 4 is 23.4 Å². The van der Waals surface area contributed by atoms with E-state index in [0.29, 0.717) is 10.9 Å². The first-order valence-electron chi connectivity index (χ1n) is 4.75. The van der Waals surface area contributed by atoms with Crippen LogP contribution < -0.4 is 5.32 Å². The van der Waals surface area contributed by atoms with Crippen LogP contribution in [0.4, 0.5) is 0 Å². The van der Waals surface area contributed by atoms with Crippen LogP contribution in [0.25, 0.3) is 0 Å². The molecule has 0 aliphatic heterocycles. The first kappa shape index (κ1) is 13.8.